The molecule has 1 aromatic heterocycles. The average Bonchev–Trinajstić information content (AvgIpc) is 3.01. The molecule has 0 aromatic carbocycles. The molecule has 11 heteroatoms. The Hall–Kier alpha value is -2.40. The van der Waals surface area contributed by atoms with Gasteiger partial charge in [0.05, 0.1) is 24.6 Å². The number of amides is 1. The molecular formula is C20H25F3N2O5S. The van der Waals surface area contributed by atoms with Crippen LogP contribution >= 0.6 is 11.3 Å². The fourth-order valence-corrected chi connectivity index (χ4v) is 4.39. The lowest BCUT2D eigenvalue weighted by molar-refractivity contribution is -0.186. The van der Waals surface area contributed by atoms with E-state index in [0.717, 1.165) is 11.3 Å². The third-order valence-corrected chi connectivity index (χ3v) is 5.92. The second-order valence-corrected chi connectivity index (χ2v) is 8.05. The molecule has 1 aliphatic rings. The smallest absolute Gasteiger partial charge is 0.393 e. The minimum atomic E-state index is -4.31. The first-order chi connectivity index (χ1) is 14.6. The van der Waals surface area contributed by atoms with Gasteiger partial charge >= 0.3 is 18.1 Å². The van der Waals surface area contributed by atoms with Gasteiger partial charge < -0.3 is 14.8 Å². The number of thiophene rings is 1. The van der Waals surface area contributed by atoms with Gasteiger partial charge in [0.2, 0.25) is 5.91 Å². The third-order valence-electron chi connectivity index (χ3n) is 4.73. The van der Waals surface area contributed by atoms with Crippen molar-refractivity contribution >= 4 is 34.2 Å². The van der Waals surface area contributed by atoms with E-state index in [0.29, 0.717) is 18.5 Å². The van der Waals surface area contributed by atoms with E-state index in [1.165, 1.54) is 17.9 Å². The van der Waals surface area contributed by atoms with Gasteiger partial charge in [-0.3, -0.25) is 9.69 Å². The van der Waals surface area contributed by atoms with E-state index in [1.807, 2.05) is 0 Å². The topological polar surface area (TPSA) is 84.9 Å². The molecule has 1 amide bonds. The molecule has 1 unspecified atom stereocenters. The predicted molar refractivity (Wildman–Crippen MR) is 109 cm³/mol. The van der Waals surface area contributed by atoms with Crippen molar-refractivity contribution in [2.45, 2.75) is 32.9 Å². The van der Waals surface area contributed by atoms with E-state index in [1.54, 1.807) is 6.92 Å². The fraction of sp³-hybridized carbons (Fsp3) is 0.550. The van der Waals surface area contributed by atoms with Crippen LogP contribution in [0.25, 0.3) is 0 Å². The number of likely N-dealkylation sites (tertiary alicyclic amines) is 1. The zero-order valence-electron chi connectivity index (χ0n) is 17.3. The Morgan fingerprint density at radius 1 is 1.29 bits per heavy atom. The van der Waals surface area contributed by atoms with Crippen LogP contribution in [-0.2, 0) is 14.3 Å². The van der Waals surface area contributed by atoms with Crippen molar-refractivity contribution in [1.29, 1.82) is 0 Å². The number of piperidine rings is 1. The molecule has 1 aromatic rings. The van der Waals surface area contributed by atoms with E-state index in [4.69, 9.17) is 9.47 Å². The number of esters is 2. The van der Waals surface area contributed by atoms with Crippen LogP contribution in [0.4, 0.5) is 18.2 Å². The van der Waals surface area contributed by atoms with Crippen LogP contribution in [0.15, 0.2) is 12.7 Å². The maximum absolute atomic E-state index is 13.0. The molecular weight excluding hydrogens is 437 g/mol. The summed E-state index contributed by atoms with van der Waals surface area (Å²) in [5.41, 5.74) is 0.320. The number of rotatable bonds is 8. The van der Waals surface area contributed by atoms with Crippen LogP contribution in [-0.4, -0.2) is 61.8 Å². The number of carbonyl (C=O) groups is 3. The number of alkyl halides is 3. The van der Waals surface area contributed by atoms with Crippen LogP contribution in [0, 0.1) is 12.8 Å². The Morgan fingerprint density at radius 3 is 2.61 bits per heavy atom. The summed E-state index contributed by atoms with van der Waals surface area (Å²) in [4.78, 5) is 38.7. The predicted octanol–water partition coefficient (Wildman–Crippen LogP) is 3.79. The second kappa shape index (κ2) is 10.8. The number of halogens is 3. The van der Waals surface area contributed by atoms with Crippen molar-refractivity contribution in [2.24, 2.45) is 5.92 Å². The van der Waals surface area contributed by atoms with E-state index < -0.39 is 29.9 Å². The van der Waals surface area contributed by atoms with Gasteiger partial charge in [-0.2, -0.15) is 13.2 Å². The summed E-state index contributed by atoms with van der Waals surface area (Å²) in [7, 11) is 0. The average molecular weight is 462 g/mol. The second-order valence-electron chi connectivity index (χ2n) is 7.03. The Kier molecular flexibility index (Phi) is 8.63. The van der Waals surface area contributed by atoms with Crippen molar-refractivity contribution < 1.29 is 37.0 Å². The van der Waals surface area contributed by atoms with Crippen molar-refractivity contribution in [3.8, 4) is 0 Å². The van der Waals surface area contributed by atoms with Gasteiger partial charge in [-0.1, -0.05) is 12.7 Å². The number of carbonyl (C=O) groups excluding carboxylic acids is 3. The number of hydrogen-bond acceptors (Lipinski definition) is 7. The van der Waals surface area contributed by atoms with Gasteiger partial charge in [0.1, 0.15) is 16.5 Å². The van der Waals surface area contributed by atoms with Crippen LogP contribution in [0.5, 0.6) is 0 Å². The van der Waals surface area contributed by atoms with Gasteiger partial charge in [0, 0.05) is 6.54 Å². The molecule has 0 saturated carbocycles. The number of anilines is 1. The molecule has 1 aliphatic heterocycles. The maximum Gasteiger partial charge on any atom is 0.393 e. The summed E-state index contributed by atoms with van der Waals surface area (Å²) in [6, 6.07) is 0. The van der Waals surface area contributed by atoms with Crippen LogP contribution in [0.2, 0.25) is 0 Å². The van der Waals surface area contributed by atoms with E-state index in [-0.39, 0.29) is 48.2 Å². The zero-order valence-corrected chi connectivity index (χ0v) is 18.2. The zero-order chi connectivity index (χ0) is 23.2. The lowest BCUT2D eigenvalue weighted by Crippen LogP contribution is -2.44. The molecule has 0 radical (unpaired) electrons. The monoisotopic (exact) mass is 462 g/mol. The highest BCUT2D eigenvalue weighted by molar-refractivity contribution is 7.18. The fourth-order valence-electron chi connectivity index (χ4n) is 3.28. The molecule has 0 spiro atoms. The van der Waals surface area contributed by atoms with Gasteiger partial charge in [-0.15, -0.1) is 11.3 Å². The van der Waals surface area contributed by atoms with Gasteiger partial charge in [0.25, 0.3) is 0 Å². The molecule has 1 fully saturated rings. The molecule has 31 heavy (non-hydrogen) atoms. The van der Waals surface area contributed by atoms with Gasteiger partial charge in [-0.05, 0) is 38.8 Å². The first-order valence-electron chi connectivity index (χ1n) is 9.75. The Labute approximate surface area is 182 Å². The summed E-state index contributed by atoms with van der Waals surface area (Å²) >= 11 is 0.854. The normalized spacial score (nSPS) is 17.1. The van der Waals surface area contributed by atoms with Crippen molar-refractivity contribution in [1.82, 2.24) is 4.90 Å². The standard InChI is InChI=1S/C20H25F3N2O5S/c1-4-9-30-19(28)16-12(3)15(18(27)29-5-2)17(31-16)24-14(26)11-25-8-6-7-13(10-25)20(21,22)23/h4,13H,1,5-11H2,2-3H3,(H,24,26). The molecule has 1 saturated heterocycles. The van der Waals surface area contributed by atoms with E-state index in [9.17, 15) is 27.6 Å². The molecule has 2 heterocycles. The SMILES string of the molecule is C=CCOC(=O)c1sc(NC(=O)CN2CCCC(C(F)(F)F)C2)c(C(=O)OCC)c1C. The minimum absolute atomic E-state index is 0.0255. The summed E-state index contributed by atoms with van der Waals surface area (Å²) in [5, 5.41) is 2.64. The van der Waals surface area contributed by atoms with Crippen LogP contribution in [0.1, 0.15) is 45.4 Å². The molecule has 2 rings (SSSR count). The lowest BCUT2D eigenvalue weighted by Gasteiger charge is -2.33. The summed E-state index contributed by atoms with van der Waals surface area (Å²) in [5.74, 6) is -3.46. The Bertz CT molecular complexity index is 838. The van der Waals surface area contributed by atoms with Crippen LogP contribution in [0.3, 0.4) is 0 Å². The number of nitrogens with zero attached hydrogens (tertiary/aromatic N) is 1. The van der Waals surface area contributed by atoms with E-state index >= 15 is 0 Å². The van der Waals surface area contributed by atoms with Gasteiger partial charge in [0.15, 0.2) is 0 Å². The highest BCUT2D eigenvalue weighted by atomic mass is 32.1. The maximum atomic E-state index is 13.0. The third kappa shape index (κ3) is 6.54. The minimum Gasteiger partial charge on any atom is -0.462 e. The largest absolute Gasteiger partial charge is 0.462 e. The molecule has 0 aliphatic carbocycles. The van der Waals surface area contributed by atoms with Crippen molar-refractivity contribution in [3.63, 3.8) is 0 Å². The summed E-state index contributed by atoms with van der Waals surface area (Å²) in [6.45, 7) is 6.51. The molecule has 1 atom stereocenters. The quantitative estimate of drug-likeness (QED) is 0.468. The first kappa shape index (κ1) is 24.9. The molecule has 172 valence electrons. The number of nitrogens with one attached hydrogen (secondary N) is 1. The molecule has 0 bridgehead atoms. The van der Waals surface area contributed by atoms with E-state index in [2.05, 4.69) is 11.9 Å². The van der Waals surface area contributed by atoms with Gasteiger partial charge in [-0.25, -0.2) is 9.59 Å². The number of hydrogen-bond donors (Lipinski definition) is 1. The Morgan fingerprint density at radius 2 is 2.00 bits per heavy atom. The summed E-state index contributed by atoms with van der Waals surface area (Å²) < 4.78 is 49.0. The molecule has 1 N–H and O–H groups in total. The summed E-state index contributed by atoms with van der Waals surface area (Å²) in [6.07, 6.45) is -2.54. The first-order valence-corrected chi connectivity index (χ1v) is 10.6. The number of ether oxygens (including phenoxy) is 2. The molecule has 7 nitrogen and oxygen atoms in total. The van der Waals surface area contributed by atoms with Crippen molar-refractivity contribution in [2.75, 3.05) is 38.2 Å². The highest BCUT2D eigenvalue weighted by Gasteiger charge is 2.42. The van der Waals surface area contributed by atoms with Crippen molar-refractivity contribution in [3.05, 3.63) is 28.7 Å². The van der Waals surface area contributed by atoms with Crippen LogP contribution < -0.4 is 5.32 Å². The Balaban J connectivity index is 2.18. The highest BCUT2D eigenvalue weighted by Crippen LogP contribution is 2.35. The lowest BCUT2D eigenvalue weighted by atomic mass is 9.97.